The van der Waals surface area contributed by atoms with Crippen LogP contribution < -0.4 is 4.90 Å². The van der Waals surface area contributed by atoms with Crippen LogP contribution >= 0.6 is 0 Å². The Balaban J connectivity index is 1.03. The van der Waals surface area contributed by atoms with E-state index in [-0.39, 0.29) is 0 Å². The molecule has 58 heavy (non-hydrogen) atoms. The lowest BCUT2D eigenvalue weighted by atomic mass is 9.86. The summed E-state index contributed by atoms with van der Waals surface area (Å²) in [6.45, 7) is 0. The van der Waals surface area contributed by atoms with Gasteiger partial charge in [0.05, 0.1) is 11.0 Å². The minimum absolute atomic E-state index is 1.12. The minimum Gasteiger partial charge on any atom is -0.311 e. The Morgan fingerprint density at radius 1 is 0.259 bits per heavy atom. The van der Waals surface area contributed by atoms with Gasteiger partial charge >= 0.3 is 0 Å². The molecule has 0 saturated heterocycles. The largest absolute Gasteiger partial charge is 0.311 e. The van der Waals surface area contributed by atoms with Crippen molar-refractivity contribution in [1.82, 2.24) is 4.57 Å². The number of benzene rings is 10. The van der Waals surface area contributed by atoms with E-state index in [9.17, 15) is 0 Å². The van der Waals surface area contributed by atoms with E-state index in [1.165, 1.54) is 76.7 Å². The zero-order valence-electron chi connectivity index (χ0n) is 31.8. The predicted molar refractivity (Wildman–Crippen MR) is 247 cm³/mol. The van der Waals surface area contributed by atoms with Gasteiger partial charge in [-0.25, -0.2) is 0 Å². The van der Waals surface area contributed by atoms with Crippen molar-refractivity contribution >= 4 is 60.4 Å². The Labute approximate surface area is 338 Å². The van der Waals surface area contributed by atoms with E-state index in [0.717, 1.165) is 22.7 Å². The Morgan fingerprint density at radius 3 is 1.31 bits per heavy atom. The molecule has 0 fully saturated rings. The summed E-state index contributed by atoms with van der Waals surface area (Å²) in [7, 11) is 0. The molecule has 1 heterocycles. The molecule has 0 amide bonds. The fourth-order valence-electron chi connectivity index (χ4n) is 8.99. The molecule has 10 aromatic carbocycles. The van der Waals surface area contributed by atoms with Crippen molar-refractivity contribution < 1.29 is 0 Å². The standard InChI is InChI=1S/C56H38N2/c1-4-17-40(18-5-1)55-48-26-10-12-28-50(48)56(51-29-13-11-27-49(51)55)42-19-16-24-46(37-42)58-53-30-15-14-25-47(53)52-38-41(33-36-54(52)58)39-31-34-45(35-32-39)57(43-20-6-2-7-21-43)44-22-8-3-9-23-44/h1-38H. The molecule has 11 aromatic rings. The quantitative estimate of drug-likeness (QED) is 0.148. The topological polar surface area (TPSA) is 8.17 Å². The van der Waals surface area contributed by atoms with Crippen molar-refractivity contribution in [2.75, 3.05) is 4.90 Å². The van der Waals surface area contributed by atoms with Gasteiger partial charge < -0.3 is 9.47 Å². The number of para-hydroxylation sites is 3. The molecular formula is C56H38N2. The summed E-state index contributed by atoms with van der Waals surface area (Å²) in [5.41, 5.74) is 14.3. The molecule has 11 rings (SSSR count). The third kappa shape index (κ3) is 5.66. The van der Waals surface area contributed by atoms with Crippen LogP contribution in [0.25, 0.3) is 82.4 Å². The zero-order chi connectivity index (χ0) is 38.4. The van der Waals surface area contributed by atoms with E-state index >= 15 is 0 Å². The van der Waals surface area contributed by atoms with Crippen molar-refractivity contribution in [2.45, 2.75) is 0 Å². The van der Waals surface area contributed by atoms with Gasteiger partial charge in [0.15, 0.2) is 0 Å². The second kappa shape index (κ2) is 14.1. The Kier molecular flexibility index (Phi) is 8.19. The van der Waals surface area contributed by atoms with Crippen LogP contribution in [0.5, 0.6) is 0 Å². The first kappa shape index (κ1) is 33.6. The van der Waals surface area contributed by atoms with Crippen LogP contribution in [0.1, 0.15) is 0 Å². The lowest BCUT2D eigenvalue weighted by Gasteiger charge is -2.25. The Bertz CT molecular complexity index is 3160. The van der Waals surface area contributed by atoms with Gasteiger partial charge in [0.25, 0.3) is 0 Å². The number of rotatable bonds is 7. The first-order chi connectivity index (χ1) is 28.8. The van der Waals surface area contributed by atoms with E-state index in [1.807, 2.05) is 0 Å². The van der Waals surface area contributed by atoms with Crippen LogP contribution in [0.3, 0.4) is 0 Å². The smallest absolute Gasteiger partial charge is 0.0541 e. The third-order valence-electron chi connectivity index (χ3n) is 11.5. The molecule has 0 aliphatic rings. The highest BCUT2D eigenvalue weighted by Crippen LogP contribution is 2.45. The Hall–Kier alpha value is -7.68. The number of anilines is 3. The molecule has 0 radical (unpaired) electrons. The van der Waals surface area contributed by atoms with Gasteiger partial charge in [-0.2, -0.15) is 0 Å². The summed E-state index contributed by atoms with van der Waals surface area (Å²) in [5, 5.41) is 7.51. The highest BCUT2D eigenvalue weighted by molar-refractivity contribution is 6.21. The van der Waals surface area contributed by atoms with Gasteiger partial charge in [0.2, 0.25) is 0 Å². The number of aromatic nitrogens is 1. The molecule has 272 valence electrons. The summed E-state index contributed by atoms with van der Waals surface area (Å²) in [4.78, 5) is 2.30. The molecule has 0 saturated carbocycles. The third-order valence-corrected chi connectivity index (χ3v) is 11.5. The van der Waals surface area contributed by atoms with Gasteiger partial charge in [-0.15, -0.1) is 0 Å². The molecule has 1 aromatic heterocycles. The summed E-state index contributed by atoms with van der Waals surface area (Å²) < 4.78 is 2.43. The molecule has 0 spiro atoms. The lowest BCUT2D eigenvalue weighted by molar-refractivity contribution is 1.18. The van der Waals surface area contributed by atoms with Crippen molar-refractivity contribution in [3.63, 3.8) is 0 Å². The number of fused-ring (bicyclic) bond motifs is 5. The van der Waals surface area contributed by atoms with Crippen molar-refractivity contribution in [2.24, 2.45) is 0 Å². The van der Waals surface area contributed by atoms with Crippen LogP contribution in [-0.2, 0) is 0 Å². The maximum absolute atomic E-state index is 2.43. The molecule has 0 atom stereocenters. The summed E-state index contributed by atoms with van der Waals surface area (Å²) >= 11 is 0. The molecular weight excluding hydrogens is 701 g/mol. The number of nitrogens with zero attached hydrogens (tertiary/aromatic N) is 2. The normalized spacial score (nSPS) is 11.4. The molecule has 0 aliphatic heterocycles. The first-order valence-electron chi connectivity index (χ1n) is 19.9. The fourth-order valence-corrected chi connectivity index (χ4v) is 8.99. The van der Waals surface area contributed by atoms with Crippen LogP contribution in [0.2, 0.25) is 0 Å². The molecule has 0 aliphatic carbocycles. The summed E-state index contributed by atoms with van der Waals surface area (Å²) in [6.07, 6.45) is 0. The van der Waals surface area contributed by atoms with Crippen molar-refractivity contribution in [3.05, 3.63) is 231 Å². The molecule has 2 nitrogen and oxygen atoms in total. The van der Waals surface area contributed by atoms with E-state index < -0.39 is 0 Å². The first-order valence-corrected chi connectivity index (χ1v) is 19.9. The van der Waals surface area contributed by atoms with Gasteiger partial charge in [-0.3, -0.25) is 0 Å². The zero-order valence-corrected chi connectivity index (χ0v) is 31.8. The lowest BCUT2D eigenvalue weighted by Crippen LogP contribution is -2.09. The average Bonchev–Trinajstić information content (AvgIpc) is 3.63. The Morgan fingerprint density at radius 2 is 0.707 bits per heavy atom. The SMILES string of the molecule is c1ccc(-c2c3ccccc3c(-c3cccc(-n4c5ccccc5c5cc(-c6ccc(N(c7ccccc7)c7ccccc7)cc6)ccc54)c3)c3ccccc23)cc1. The van der Waals surface area contributed by atoms with Gasteiger partial charge in [-0.05, 0) is 122 Å². The van der Waals surface area contributed by atoms with E-state index in [1.54, 1.807) is 0 Å². The monoisotopic (exact) mass is 738 g/mol. The minimum atomic E-state index is 1.12. The fraction of sp³-hybridized carbons (Fsp3) is 0. The van der Waals surface area contributed by atoms with Crippen molar-refractivity contribution in [3.8, 4) is 39.1 Å². The maximum atomic E-state index is 2.43. The van der Waals surface area contributed by atoms with E-state index in [4.69, 9.17) is 0 Å². The highest BCUT2D eigenvalue weighted by atomic mass is 15.1. The van der Waals surface area contributed by atoms with Crippen LogP contribution in [0.4, 0.5) is 17.1 Å². The van der Waals surface area contributed by atoms with Crippen LogP contribution in [0, 0.1) is 0 Å². The van der Waals surface area contributed by atoms with E-state index in [2.05, 4.69) is 240 Å². The second-order valence-electron chi connectivity index (χ2n) is 14.9. The molecule has 0 N–H and O–H groups in total. The van der Waals surface area contributed by atoms with Crippen LogP contribution in [0.15, 0.2) is 231 Å². The predicted octanol–water partition coefficient (Wildman–Crippen LogP) is 15.6. The van der Waals surface area contributed by atoms with Gasteiger partial charge in [0.1, 0.15) is 0 Å². The van der Waals surface area contributed by atoms with Crippen LogP contribution in [-0.4, -0.2) is 4.57 Å². The maximum Gasteiger partial charge on any atom is 0.0541 e. The summed E-state index contributed by atoms with van der Waals surface area (Å²) in [6, 6.07) is 83.5. The number of hydrogen-bond donors (Lipinski definition) is 0. The van der Waals surface area contributed by atoms with Gasteiger partial charge in [0, 0.05) is 33.5 Å². The molecule has 2 heteroatoms. The molecule has 0 bridgehead atoms. The number of hydrogen-bond acceptors (Lipinski definition) is 1. The second-order valence-corrected chi connectivity index (χ2v) is 14.9. The van der Waals surface area contributed by atoms with Crippen molar-refractivity contribution in [1.29, 1.82) is 0 Å². The van der Waals surface area contributed by atoms with E-state index in [0.29, 0.717) is 0 Å². The van der Waals surface area contributed by atoms with Gasteiger partial charge in [-0.1, -0.05) is 164 Å². The highest BCUT2D eigenvalue weighted by Gasteiger charge is 2.19. The average molecular weight is 739 g/mol. The molecule has 0 unspecified atom stereocenters. The summed E-state index contributed by atoms with van der Waals surface area (Å²) in [5.74, 6) is 0.